The number of benzene rings is 1. The molecule has 0 fully saturated rings. The van der Waals surface area contributed by atoms with Gasteiger partial charge < -0.3 is 4.40 Å². The van der Waals surface area contributed by atoms with E-state index in [9.17, 15) is 0 Å². The van der Waals surface area contributed by atoms with Crippen LogP contribution in [-0.4, -0.2) is 9.38 Å². The molecule has 2 heterocycles. The van der Waals surface area contributed by atoms with E-state index >= 15 is 0 Å². The molecule has 0 atom stereocenters. The van der Waals surface area contributed by atoms with Gasteiger partial charge >= 0.3 is 0 Å². The number of halogens is 2. The zero-order chi connectivity index (χ0) is 12.5. The molecule has 0 amide bonds. The zero-order valence-electron chi connectivity index (χ0n) is 9.48. The molecule has 3 rings (SSSR count). The van der Waals surface area contributed by atoms with E-state index in [4.69, 9.17) is 11.6 Å². The molecule has 0 aliphatic rings. The van der Waals surface area contributed by atoms with Crippen molar-refractivity contribution < 1.29 is 0 Å². The van der Waals surface area contributed by atoms with E-state index in [1.165, 1.54) is 5.56 Å². The summed E-state index contributed by atoms with van der Waals surface area (Å²) in [5, 5.41) is 0.759. The molecule has 3 aromatic rings. The van der Waals surface area contributed by atoms with Gasteiger partial charge in [0.15, 0.2) is 0 Å². The number of imidazole rings is 1. The van der Waals surface area contributed by atoms with Crippen LogP contribution in [0.4, 0.5) is 0 Å². The van der Waals surface area contributed by atoms with Crippen LogP contribution in [0, 0.1) is 0 Å². The molecule has 0 unspecified atom stereocenters. The Morgan fingerprint density at radius 3 is 2.67 bits per heavy atom. The molecule has 4 heteroatoms. The van der Waals surface area contributed by atoms with Crippen LogP contribution >= 0.6 is 27.5 Å². The topological polar surface area (TPSA) is 17.3 Å². The minimum atomic E-state index is 0.759. The normalized spacial score (nSPS) is 11.0. The molecule has 90 valence electrons. The maximum atomic E-state index is 5.88. The molecule has 0 radical (unpaired) electrons. The number of fused-ring (bicyclic) bond motifs is 1. The molecule has 0 saturated heterocycles. The maximum Gasteiger partial charge on any atom is 0.117 e. The standard InChI is InChI=1S/C14H10BrClN2/c15-11-3-6-13-8-17-14(18(13)9-11)7-10-1-4-12(16)5-2-10/h1-6,8-9H,7H2. The van der Waals surface area contributed by atoms with Crippen molar-refractivity contribution in [2.24, 2.45) is 0 Å². The summed E-state index contributed by atoms with van der Waals surface area (Å²) >= 11 is 9.36. The van der Waals surface area contributed by atoms with Gasteiger partial charge in [-0.25, -0.2) is 4.98 Å². The molecule has 0 aliphatic heterocycles. The maximum absolute atomic E-state index is 5.88. The van der Waals surface area contributed by atoms with E-state index in [1.54, 1.807) is 0 Å². The quantitative estimate of drug-likeness (QED) is 0.686. The summed E-state index contributed by atoms with van der Waals surface area (Å²) < 4.78 is 3.14. The Labute approximate surface area is 118 Å². The van der Waals surface area contributed by atoms with Crippen LogP contribution in [-0.2, 0) is 6.42 Å². The van der Waals surface area contributed by atoms with Crippen LogP contribution in [0.3, 0.4) is 0 Å². The summed E-state index contributed by atoms with van der Waals surface area (Å²) in [6, 6.07) is 11.9. The molecule has 2 nitrogen and oxygen atoms in total. The molecular weight excluding hydrogens is 312 g/mol. The van der Waals surface area contributed by atoms with Gasteiger partial charge in [-0.05, 0) is 45.8 Å². The minimum Gasteiger partial charge on any atom is -0.302 e. The number of aromatic nitrogens is 2. The lowest BCUT2D eigenvalue weighted by Crippen LogP contribution is -1.96. The number of hydrogen-bond donors (Lipinski definition) is 0. The highest BCUT2D eigenvalue weighted by molar-refractivity contribution is 9.10. The third-order valence-corrected chi connectivity index (χ3v) is 3.56. The molecule has 0 spiro atoms. The van der Waals surface area contributed by atoms with E-state index in [2.05, 4.69) is 25.3 Å². The Balaban J connectivity index is 1.99. The van der Waals surface area contributed by atoms with Crippen LogP contribution in [0.5, 0.6) is 0 Å². The fraction of sp³-hybridized carbons (Fsp3) is 0.0714. The van der Waals surface area contributed by atoms with Crippen molar-refractivity contribution in [2.45, 2.75) is 6.42 Å². The van der Waals surface area contributed by atoms with Crippen molar-refractivity contribution in [3.8, 4) is 0 Å². The van der Waals surface area contributed by atoms with Crippen LogP contribution in [0.15, 0.2) is 53.3 Å². The van der Waals surface area contributed by atoms with Crippen LogP contribution in [0.1, 0.15) is 11.4 Å². The molecule has 1 aromatic carbocycles. The molecular formula is C14H10BrClN2. The average molecular weight is 322 g/mol. The Bertz CT molecular complexity index is 689. The van der Waals surface area contributed by atoms with Crippen molar-refractivity contribution in [3.05, 3.63) is 69.7 Å². The van der Waals surface area contributed by atoms with Gasteiger partial charge in [0.05, 0.1) is 11.7 Å². The number of pyridine rings is 1. The Hall–Kier alpha value is -1.32. The highest BCUT2D eigenvalue weighted by Gasteiger charge is 2.05. The van der Waals surface area contributed by atoms with Crippen LogP contribution < -0.4 is 0 Å². The molecule has 0 N–H and O–H groups in total. The lowest BCUT2D eigenvalue weighted by molar-refractivity contribution is 0.959. The van der Waals surface area contributed by atoms with Gasteiger partial charge in [0.25, 0.3) is 0 Å². The molecule has 0 aliphatic carbocycles. The summed E-state index contributed by atoms with van der Waals surface area (Å²) in [5.41, 5.74) is 2.30. The highest BCUT2D eigenvalue weighted by Crippen LogP contribution is 2.17. The predicted octanol–water partition coefficient (Wildman–Crippen LogP) is 4.34. The first kappa shape index (κ1) is 11.8. The van der Waals surface area contributed by atoms with Crippen molar-refractivity contribution in [1.29, 1.82) is 0 Å². The summed E-state index contributed by atoms with van der Waals surface area (Å²) in [6.45, 7) is 0. The molecule has 2 aromatic heterocycles. The SMILES string of the molecule is Clc1ccc(Cc2ncc3ccc(Br)cn23)cc1. The van der Waals surface area contributed by atoms with Crippen molar-refractivity contribution >= 4 is 33.0 Å². The fourth-order valence-corrected chi connectivity index (χ4v) is 2.40. The average Bonchev–Trinajstić information content (AvgIpc) is 2.75. The molecule has 18 heavy (non-hydrogen) atoms. The third kappa shape index (κ3) is 2.28. The minimum absolute atomic E-state index is 0.759. The van der Waals surface area contributed by atoms with Gasteiger partial charge in [0.2, 0.25) is 0 Å². The second kappa shape index (κ2) is 4.75. The van der Waals surface area contributed by atoms with Crippen LogP contribution in [0.2, 0.25) is 5.02 Å². The van der Waals surface area contributed by atoms with Crippen LogP contribution in [0.25, 0.3) is 5.52 Å². The van der Waals surface area contributed by atoms with Gasteiger partial charge in [0.1, 0.15) is 5.82 Å². The summed E-state index contributed by atoms with van der Waals surface area (Å²) in [5.74, 6) is 1.02. The van der Waals surface area contributed by atoms with Gasteiger partial charge in [-0.1, -0.05) is 23.7 Å². The van der Waals surface area contributed by atoms with E-state index in [0.717, 1.165) is 27.3 Å². The summed E-state index contributed by atoms with van der Waals surface area (Å²) in [4.78, 5) is 4.46. The van der Waals surface area contributed by atoms with E-state index in [-0.39, 0.29) is 0 Å². The monoisotopic (exact) mass is 320 g/mol. The number of hydrogen-bond acceptors (Lipinski definition) is 1. The smallest absolute Gasteiger partial charge is 0.117 e. The number of rotatable bonds is 2. The second-order valence-electron chi connectivity index (χ2n) is 4.12. The van der Waals surface area contributed by atoms with E-state index in [1.807, 2.05) is 48.8 Å². The predicted molar refractivity (Wildman–Crippen MR) is 77.2 cm³/mol. The van der Waals surface area contributed by atoms with Gasteiger partial charge in [-0.2, -0.15) is 0 Å². The van der Waals surface area contributed by atoms with Gasteiger partial charge in [-0.3, -0.25) is 0 Å². The van der Waals surface area contributed by atoms with E-state index in [0.29, 0.717) is 0 Å². The van der Waals surface area contributed by atoms with Gasteiger partial charge in [-0.15, -0.1) is 0 Å². The summed E-state index contributed by atoms with van der Waals surface area (Å²) in [6.07, 6.45) is 4.72. The van der Waals surface area contributed by atoms with Crippen molar-refractivity contribution in [2.75, 3.05) is 0 Å². The zero-order valence-corrected chi connectivity index (χ0v) is 11.8. The van der Waals surface area contributed by atoms with Gasteiger partial charge in [0, 0.05) is 22.1 Å². The Morgan fingerprint density at radius 2 is 1.89 bits per heavy atom. The second-order valence-corrected chi connectivity index (χ2v) is 5.47. The third-order valence-electron chi connectivity index (χ3n) is 2.84. The van der Waals surface area contributed by atoms with E-state index < -0.39 is 0 Å². The van der Waals surface area contributed by atoms with Crippen molar-refractivity contribution in [3.63, 3.8) is 0 Å². The van der Waals surface area contributed by atoms with Crippen molar-refractivity contribution in [1.82, 2.24) is 9.38 Å². The fourth-order valence-electron chi connectivity index (χ4n) is 1.93. The number of nitrogens with zero attached hydrogens (tertiary/aromatic N) is 2. The lowest BCUT2D eigenvalue weighted by Gasteiger charge is -2.02. The first-order valence-electron chi connectivity index (χ1n) is 5.58. The Morgan fingerprint density at radius 1 is 1.11 bits per heavy atom. The summed E-state index contributed by atoms with van der Waals surface area (Å²) in [7, 11) is 0. The lowest BCUT2D eigenvalue weighted by atomic mass is 10.1. The largest absolute Gasteiger partial charge is 0.302 e. The first-order valence-corrected chi connectivity index (χ1v) is 6.75. The molecule has 0 bridgehead atoms. The Kier molecular flexibility index (Phi) is 3.10. The first-order chi connectivity index (χ1) is 8.72. The highest BCUT2D eigenvalue weighted by atomic mass is 79.9. The molecule has 0 saturated carbocycles.